The van der Waals surface area contributed by atoms with Crippen molar-refractivity contribution in [2.24, 2.45) is 0 Å². The fraction of sp³-hybridized carbons (Fsp3) is 0.429. The highest BCUT2D eigenvalue weighted by Gasteiger charge is 2.33. The van der Waals surface area contributed by atoms with E-state index >= 15 is 0 Å². The van der Waals surface area contributed by atoms with Gasteiger partial charge in [0.2, 0.25) is 5.91 Å². The average Bonchev–Trinajstić information content (AvgIpc) is 3.15. The minimum absolute atomic E-state index is 0.0390. The fourth-order valence-electron chi connectivity index (χ4n) is 3.27. The Labute approximate surface area is 159 Å². The van der Waals surface area contributed by atoms with Crippen LogP contribution in [-0.2, 0) is 10.2 Å². The molecule has 1 aromatic carbocycles. The van der Waals surface area contributed by atoms with E-state index in [1.54, 1.807) is 4.90 Å². The molecule has 1 aliphatic heterocycles. The Kier molecular flexibility index (Phi) is 5.47. The SMILES string of the molecule is CC(C)(C)c1ccc(NC(=O)C2CCCCN2C(=O)c2cccs2)cc1. The van der Waals surface area contributed by atoms with Crippen molar-refractivity contribution in [3.05, 3.63) is 52.2 Å². The zero-order valence-corrected chi connectivity index (χ0v) is 16.4. The van der Waals surface area contributed by atoms with Gasteiger partial charge in [-0.1, -0.05) is 39.0 Å². The van der Waals surface area contributed by atoms with Crippen LogP contribution in [0.25, 0.3) is 0 Å². The Hall–Kier alpha value is -2.14. The van der Waals surface area contributed by atoms with Gasteiger partial charge in [0.05, 0.1) is 4.88 Å². The Bertz CT molecular complexity index is 760. The molecular formula is C21H26N2O2S. The molecule has 1 N–H and O–H groups in total. The van der Waals surface area contributed by atoms with E-state index in [9.17, 15) is 9.59 Å². The number of nitrogens with one attached hydrogen (secondary N) is 1. The number of nitrogens with zero attached hydrogens (tertiary/aromatic N) is 1. The van der Waals surface area contributed by atoms with Gasteiger partial charge >= 0.3 is 0 Å². The predicted molar refractivity (Wildman–Crippen MR) is 107 cm³/mol. The van der Waals surface area contributed by atoms with E-state index in [2.05, 4.69) is 26.1 Å². The summed E-state index contributed by atoms with van der Waals surface area (Å²) in [6, 6.07) is 11.3. The summed E-state index contributed by atoms with van der Waals surface area (Å²) < 4.78 is 0. The molecule has 0 radical (unpaired) electrons. The summed E-state index contributed by atoms with van der Waals surface area (Å²) in [6.45, 7) is 7.13. The van der Waals surface area contributed by atoms with Crippen LogP contribution in [0.3, 0.4) is 0 Å². The Morgan fingerprint density at radius 3 is 2.46 bits per heavy atom. The molecule has 2 amide bonds. The third-order valence-electron chi connectivity index (χ3n) is 4.82. The van der Waals surface area contributed by atoms with E-state index in [-0.39, 0.29) is 17.2 Å². The molecule has 2 heterocycles. The Morgan fingerprint density at radius 1 is 1.12 bits per heavy atom. The van der Waals surface area contributed by atoms with Gasteiger partial charge in [0.25, 0.3) is 5.91 Å². The number of amides is 2. The van der Waals surface area contributed by atoms with Crippen molar-refractivity contribution >= 4 is 28.8 Å². The third-order valence-corrected chi connectivity index (χ3v) is 5.67. The van der Waals surface area contributed by atoms with Gasteiger partial charge < -0.3 is 10.2 Å². The number of hydrogen-bond acceptors (Lipinski definition) is 3. The summed E-state index contributed by atoms with van der Waals surface area (Å²) in [7, 11) is 0. The minimum Gasteiger partial charge on any atom is -0.326 e. The van der Waals surface area contributed by atoms with Crippen molar-refractivity contribution in [1.82, 2.24) is 4.90 Å². The first-order valence-corrected chi connectivity index (χ1v) is 10.00. The quantitative estimate of drug-likeness (QED) is 0.853. The lowest BCUT2D eigenvalue weighted by molar-refractivity contribution is -0.121. The van der Waals surface area contributed by atoms with E-state index < -0.39 is 6.04 Å². The minimum atomic E-state index is -0.402. The zero-order valence-electron chi connectivity index (χ0n) is 15.6. The molecule has 1 fully saturated rings. The van der Waals surface area contributed by atoms with Crippen LogP contribution in [0.1, 0.15) is 55.3 Å². The monoisotopic (exact) mass is 370 g/mol. The van der Waals surface area contributed by atoms with Crippen LogP contribution in [0.2, 0.25) is 0 Å². The summed E-state index contributed by atoms with van der Waals surface area (Å²) in [5, 5.41) is 4.88. The van der Waals surface area contributed by atoms with E-state index in [1.165, 1.54) is 16.9 Å². The number of benzene rings is 1. The third kappa shape index (κ3) is 4.15. The van der Waals surface area contributed by atoms with E-state index in [4.69, 9.17) is 0 Å². The molecule has 1 atom stereocenters. The van der Waals surface area contributed by atoms with Gasteiger partial charge in [-0.25, -0.2) is 0 Å². The number of anilines is 1. The Balaban J connectivity index is 1.71. The molecule has 5 heteroatoms. The largest absolute Gasteiger partial charge is 0.326 e. The molecular weight excluding hydrogens is 344 g/mol. The molecule has 4 nitrogen and oxygen atoms in total. The molecule has 1 aromatic heterocycles. The second-order valence-electron chi connectivity index (χ2n) is 7.80. The molecule has 1 aliphatic rings. The van der Waals surface area contributed by atoms with Crippen LogP contribution in [0.4, 0.5) is 5.69 Å². The summed E-state index contributed by atoms with van der Waals surface area (Å²) in [5.41, 5.74) is 2.08. The van der Waals surface area contributed by atoms with Crippen LogP contribution in [-0.4, -0.2) is 29.3 Å². The van der Waals surface area contributed by atoms with Gasteiger partial charge in [-0.2, -0.15) is 0 Å². The molecule has 1 unspecified atom stereocenters. The molecule has 0 bridgehead atoms. The summed E-state index contributed by atoms with van der Waals surface area (Å²) in [5.74, 6) is -0.138. The summed E-state index contributed by atoms with van der Waals surface area (Å²) in [6.07, 6.45) is 2.62. The highest BCUT2D eigenvalue weighted by atomic mass is 32.1. The summed E-state index contributed by atoms with van der Waals surface area (Å²) >= 11 is 1.42. The molecule has 1 saturated heterocycles. The maximum absolute atomic E-state index is 12.8. The van der Waals surface area contributed by atoms with E-state index in [0.717, 1.165) is 18.5 Å². The van der Waals surface area contributed by atoms with Gasteiger partial charge in [-0.15, -0.1) is 11.3 Å². The van der Waals surface area contributed by atoms with Crippen LogP contribution in [0.5, 0.6) is 0 Å². The molecule has 0 spiro atoms. The van der Waals surface area contributed by atoms with Gasteiger partial charge in [0.1, 0.15) is 6.04 Å². The first kappa shape index (κ1) is 18.6. The fourth-order valence-corrected chi connectivity index (χ4v) is 3.95. The maximum Gasteiger partial charge on any atom is 0.264 e. The lowest BCUT2D eigenvalue weighted by atomic mass is 9.87. The average molecular weight is 371 g/mol. The molecule has 3 rings (SSSR count). The van der Waals surface area contributed by atoms with Crippen LogP contribution < -0.4 is 5.32 Å². The van der Waals surface area contributed by atoms with Crippen LogP contribution >= 0.6 is 11.3 Å². The first-order chi connectivity index (χ1) is 12.4. The van der Waals surface area contributed by atoms with Crippen LogP contribution in [0, 0.1) is 0 Å². The molecule has 26 heavy (non-hydrogen) atoms. The highest BCUT2D eigenvalue weighted by molar-refractivity contribution is 7.12. The molecule has 0 saturated carbocycles. The predicted octanol–water partition coefficient (Wildman–Crippen LogP) is 4.68. The summed E-state index contributed by atoms with van der Waals surface area (Å²) in [4.78, 5) is 28.0. The van der Waals surface area contributed by atoms with Crippen molar-refractivity contribution < 1.29 is 9.59 Å². The second kappa shape index (κ2) is 7.62. The van der Waals surface area contributed by atoms with Gasteiger partial charge in [-0.05, 0) is 53.8 Å². The molecule has 0 aliphatic carbocycles. The number of carbonyl (C=O) groups excluding carboxylic acids is 2. The Morgan fingerprint density at radius 2 is 1.85 bits per heavy atom. The lowest BCUT2D eigenvalue weighted by Crippen LogP contribution is -2.49. The van der Waals surface area contributed by atoms with Crippen LogP contribution in [0.15, 0.2) is 41.8 Å². The van der Waals surface area contributed by atoms with Gasteiger partial charge in [0, 0.05) is 12.2 Å². The molecule has 2 aromatic rings. The van der Waals surface area contributed by atoms with Crippen molar-refractivity contribution in [3.63, 3.8) is 0 Å². The van der Waals surface area contributed by atoms with Crippen molar-refractivity contribution in [2.45, 2.75) is 51.5 Å². The standard InChI is InChI=1S/C21H26N2O2S/c1-21(2,3)15-9-11-16(12-10-15)22-19(24)17-7-4-5-13-23(17)20(25)18-8-6-14-26-18/h6,8-12,14,17H,4-5,7,13H2,1-3H3,(H,22,24). The number of hydrogen-bond donors (Lipinski definition) is 1. The van der Waals surface area contributed by atoms with Crippen molar-refractivity contribution in [1.29, 1.82) is 0 Å². The van der Waals surface area contributed by atoms with E-state index in [1.807, 2.05) is 41.8 Å². The second-order valence-corrected chi connectivity index (χ2v) is 8.75. The smallest absolute Gasteiger partial charge is 0.264 e. The van der Waals surface area contributed by atoms with Gasteiger partial charge in [0.15, 0.2) is 0 Å². The molecule has 138 valence electrons. The normalized spacial score (nSPS) is 17.8. The van der Waals surface area contributed by atoms with Crippen molar-refractivity contribution in [3.8, 4) is 0 Å². The number of thiophene rings is 1. The first-order valence-electron chi connectivity index (χ1n) is 9.12. The van der Waals surface area contributed by atoms with Gasteiger partial charge in [-0.3, -0.25) is 9.59 Å². The highest BCUT2D eigenvalue weighted by Crippen LogP contribution is 2.25. The maximum atomic E-state index is 12.8. The number of carbonyl (C=O) groups is 2. The lowest BCUT2D eigenvalue weighted by Gasteiger charge is -2.34. The topological polar surface area (TPSA) is 49.4 Å². The number of piperidine rings is 1. The zero-order chi connectivity index (χ0) is 18.7. The number of rotatable bonds is 3. The van der Waals surface area contributed by atoms with E-state index in [0.29, 0.717) is 17.8 Å². The number of likely N-dealkylation sites (tertiary alicyclic amines) is 1. The van der Waals surface area contributed by atoms with Crippen molar-refractivity contribution in [2.75, 3.05) is 11.9 Å².